The van der Waals surface area contributed by atoms with Crippen molar-refractivity contribution in [2.24, 2.45) is 0 Å². The molecule has 0 aromatic heterocycles. The number of carbonyl (C=O) groups excluding carboxylic acids is 1. The quantitative estimate of drug-likeness (QED) is 0.858. The molecule has 1 saturated carbocycles. The fourth-order valence-electron chi connectivity index (χ4n) is 1.49. The zero-order chi connectivity index (χ0) is 11.5. The molecule has 1 aliphatic rings. The summed E-state index contributed by atoms with van der Waals surface area (Å²) in [7, 11) is 0. The molecule has 0 saturated heterocycles. The van der Waals surface area contributed by atoms with Crippen LogP contribution < -0.4 is 5.32 Å². The van der Waals surface area contributed by atoms with Gasteiger partial charge in [0.25, 0.3) is 0 Å². The lowest BCUT2D eigenvalue weighted by Gasteiger charge is -2.03. The Bertz CT molecular complexity index is 404. The molecule has 1 aromatic carbocycles. The maximum absolute atomic E-state index is 12.9. The van der Waals surface area contributed by atoms with Crippen LogP contribution in [0.1, 0.15) is 18.4 Å². The molecule has 2 rings (SSSR count). The molecule has 0 bridgehead atoms. The highest BCUT2D eigenvalue weighted by Crippen LogP contribution is 2.19. The van der Waals surface area contributed by atoms with E-state index in [-0.39, 0.29) is 10.8 Å². The summed E-state index contributed by atoms with van der Waals surface area (Å²) in [5, 5.41) is 3.22. The first-order valence-electron chi connectivity index (χ1n) is 5.34. The first-order valence-corrected chi connectivity index (χ1v) is 5.72. The number of Topliss-reactive ketones (excluding diaryl/α,β-unsaturated/α-hetero) is 1. The highest BCUT2D eigenvalue weighted by molar-refractivity contribution is 6.30. The van der Waals surface area contributed by atoms with E-state index in [9.17, 15) is 9.18 Å². The van der Waals surface area contributed by atoms with Crippen molar-refractivity contribution in [2.75, 3.05) is 6.54 Å². The Balaban J connectivity index is 1.86. The summed E-state index contributed by atoms with van der Waals surface area (Å²) in [6.45, 7) is 0.389. The van der Waals surface area contributed by atoms with Gasteiger partial charge >= 0.3 is 0 Å². The van der Waals surface area contributed by atoms with Crippen molar-refractivity contribution >= 4 is 17.4 Å². The molecule has 0 spiro atoms. The molecule has 1 N–H and O–H groups in total. The molecule has 1 aromatic rings. The molecule has 1 fully saturated rings. The minimum atomic E-state index is -0.450. The number of nitrogens with one attached hydrogen (secondary N) is 1. The summed E-state index contributed by atoms with van der Waals surface area (Å²) in [4.78, 5) is 11.5. The Morgan fingerprint density at radius 3 is 2.88 bits per heavy atom. The second-order valence-electron chi connectivity index (χ2n) is 4.12. The first kappa shape index (κ1) is 11.6. The Morgan fingerprint density at radius 1 is 1.50 bits per heavy atom. The van der Waals surface area contributed by atoms with E-state index in [0.717, 1.165) is 18.4 Å². The van der Waals surface area contributed by atoms with Crippen LogP contribution in [0.3, 0.4) is 0 Å². The topological polar surface area (TPSA) is 29.1 Å². The third kappa shape index (κ3) is 3.29. The van der Waals surface area contributed by atoms with Crippen molar-refractivity contribution in [2.45, 2.75) is 25.3 Å². The maximum Gasteiger partial charge on any atom is 0.150 e. The number of ketones is 1. The summed E-state index contributed by atoms with van der Waals surface area (Å²) in [5.41, 5.74) is 0.758. The lowest BCUT2D eigenvalue weighted by atomic mass is 10.1. The lowest BCUT2D eigenvalue weighted by molar-refractivity contribution is -0.117. The predicted octanol–water partition coefficient (Wildman–Crippen LogP) is 2.34. The van der Waals surface area contributed by atoms with E-state index in [0.29, 0.717) is 19.0 Å². The molecule has 0 amide bonds. The van der Waals surface area contributed by atoms with E-state index >= 15 is 0 Å². The summed E-state index contributed by atoms with van der Waals surface area (Å²) in [5.74, 6) is -0.344. The minimum absolute atomic E-state index is 0.0699. The average Bonchev–Trinajstić information content (AvgIpc) is 3.04. The van der Waals surface area contributed by atoms with Crippen LogP contribution in [0.25, 0.3) is 0 Å². The number of hydrogen-bond acceptors (Lipinski definition) is 2. The normalized spacial score (nSPS) is 15.1. The van der Waals surface area contributed by atoms with Crippen LogP contribution in [0, 0.1) is 5.82 Å². The van der Waals surface area contributed by atoms with Gasteiger partial charge in [-0.1, -0.05) is 17.7 Å². The number of rotatable bonds is 5. The Morgan fingerprint density at radius 2 is 2.25 bits per heavy atom. The van der Waals surface area contributed by atoms with Gasteiger partial charge in [0.1, 0.15) is 5.82 Å². The third-order valence-electron chi connectivity index (χ3n) is 2.55. The number of benzene rings is 1. The lowest BCUT2D eigenvalue weighted by Crippen LogP contribution is -2.25. The van der Waals surface area contributed by atoms with Crippen molar-refractivity contribution in [3.63, 3.8) is 0 Å². The molecule has 2 nitrogen and oxygen atoms in total. The number of halogens is 2. The van der Waals surface area contributed by atoms with Crippen molar-refractivity contribution in [1.82, 2.24) is 5.32 Å². The van der Waals surface area contributed by atoms with Crippen molar-refractivity contribution in [3.8, 4) is 0 Å². The smallest absolute Gasteiger partial charge is 0.150 e. The molecule has 1 aliphatic carbocycles. The van der Waals surface area contributed by atoms with Crippen LogP contribution in [0.15, 0.2) is 18.2 Å². The van der Waals surface area contributed by atoms with E-state index in [1.165, 1.54) is 12.1 Å². The van der Waals surface area contributed by atoms with Crippen LogP contribution in [0.4, 0.5) is 4.39 Å². The monoisotopic (exact) mass is 241 g/mol. The van der Waals surface area contributed by atoms with Crippen LogP contribution in [-0.2, 0) is 11.2 Å². The maximum atomic E-state index is 12.9. The highest BCUT2D eigenvalue weighted by Gasteiger charge is 2.21. The van der Waals surface area contributed by atoms with Crippen LogP contribution in [0.5, 0.6) is 0 Å². The van der Waals surface area contributed by atoms with E-state index in [4.69, 9.17) is 11.6 Å². The predicted molar refractivity (Wildman–Crippen MR) is 61.1 cm³/mol. The molecule has 4 heteroatoms. The fourth-order valence-corrected chi connectivity index (χ4v) is 1.69. The zero-order valence-electron chi connectivity index (χ0n) is 8.80. The molecule has 0 atom stereocenters. The van der Waals surface area contributed by atoms with Gasteiger partial charge in [-0.15, -0.1) is 0 Å². The summed E-state index contributed by atoms with van der Waals surface area (Å²) in [6.07, 6.45) is 2.63. The van der Waals surface area contributed by atoms with Crippen molar-refractivity contribution < 1.29 is 9.18 Å². The zero-order valence-corrected chi connectivity index (χ0v) is 9.56. The molecular weight excluding hydrogens is 229 g/mol. The summed E-state index contributed by atoms with van der Waals surface area (Å²) in [6, 6.07) is 4.92. The molecule has 16 heavy (non-hydrogen) atoms. The van der Waals surface area contributed by atoms with E-state index in [1.54, 1.807) is 6.07 Å². The van der Waals surface area contributed by atoms with Crippen LogP contribution in [0.2, 0.25) is 5.02 Å². The molecule has 0 radical (unpaired) electrons. The van der Waals surface area contributed by atoms with Gasteiger partial charge in [-0.25, -0.2) is 4.39 Å². The van der Waals surface area contributed by atoms with Gasteiger partial charge in [0, 0.05) is 12.5 Å². The van der Waals surface area contributed by atoms with E-state index in [2.05, 4.69) is 5.32 Å². The molecular formula is C12H13ClFNO. The Labute approximate surface area is 98.8 Å². The van der Waals surface area contributed by atoms with Gasteiger partial charge in [-0.05, 0) is 30.5 Å². The van der Waals surface area contributed by atoms with Crippen LogP contribution in [-0.4, -0.2) is 18.4 Å². The minimum Gasteiger partial charge on any atom is -0.307 e. The number of carbonyl (C=O) groups is 1. The van der Waals surface area contributed by atoms with Crippen LogP contribution >= 0.6 is 11.6 Å². The van der Waals surface area contributed by atoms with Crippen molar-refractivity contribution in [3.05, 3.63) is 34.6 Å². The average molecular weight is 242 g/mol. The highest BCUT2D eigenvalue weighted by atomic mass is 35.5. The summed E-state index contributed by atoms with van der Waals surface area (Å²) >= 11 is 5.63. The third-order valence-corrected chi connectivity index (χ3v) is 2.84. The van der Waals surface area contributed by atoms with Gasteiger partial charge in [0.05, 0.1) is 11.6 Å². The molecule has 0 unspecified atom stereocenters. The van der Waals surface area contributed by atoms with Gasteiger partial charge in [-0.2, -0.15) is 0 Å². The Hall–Kier alpha value is -0.930. The second kappa shape index (κ2) is 4.93. The summed E-state index contributed by atoms with van der Waals surface area (Å²) < 4.78 is 12.9. The largest absolute Gasteiger partial charge is 0.307 e. The SMILES string of the molecule is O=C(CNC1CC1)Cc1ccc(F)c(Cl)c1. The second-order valence-corrected chi connectivity index (χ2v) is 4.53. The molecule has 0 heterocycles. The van der Waals surface area contributed by atoms with E-state index < -0.39 is 5.82 Å². The molecule has 0 aliphatic heterocycles. The van der Waals surface area contributed by atoms with Gasteiger partial charge in [0.15, 0.2) is 5.78 Å². The van der Waals surface area contributed by atoms with Gasteiger partial charge < -0.3 is 5.32 Å². The van der Waals surface area contributed by atoms with Gasteiger partial charge in [-0.3, -0.25) is 4.79 Å². The standard InChI is InChI=1S/C12H13ClFNO/c13-11-6-8(1-4-12(11)14)5-10(16)7-15-9-2-3-9/h1,4,6,9,15H,2-3,5,7H2. The Kier molecular flexibility index (Phi) is 3.56. The number of hydrogen-bond donors (Lipinski definition) is 1. The van der Waals surface area contributed by atoms with E-state index in [1.807, 2.05) is 0 Å². The first-order chi connectivity index (χ1) is 7.65. The van der Waals surface area contributed by atoms with Gasteiger partial charge in [0.2, 0.25) is 0 Å². The molecule has 86 valence electrons. The van der Waals surface area contributed by atoms with Crippen molar-refractivity contribution in [1.29, 1.82) is 0 Å². The fraction of sp³-hybridized carbons (Fsp3) is 0.417.